The third kappa shape index (κ3) is 2.49. The molecule has 23 heavy (non-hydrogen) atoms. The molecule has 0 fully saturated rings. The SMILES string of the molecule is CCOc1ccc2[nH]c3c(c2c1)CCNC3c1ccc(F)cc1. The van der Waals surface area contributed by atoms with Crippen molar-refractivity contribution in [3.63, 3.8) is 0 Å². The lowest BCUT2D eigenvalue weighted by Gasteiger charge is -2.24. The summed E-state index contributed by atoms with van der Waals surface area (Å²) in [7, 11) is 0. The predicted octanol–water partition coefficient (Wildman–Crippen LogP) is 3.94. The molecule has 0 saturated heterocycles. The number of rotatable bonds is 3. The van der Waals surface area contributed by atoms with Crippen molar-refractivity contribution in [3.8, 4) is 5.75 Å². The van der Waals surface area contributed by atoms with E-state index in [1.54, 1.807) is 0 Å². The Bertz CT molecular complexity index is 838. The number of nitrogens with one attached hydrogen (secondary N) is 2. The van der Waals surface area contributed by atoms with Gasteiger partial charge in [-0.15, -0.1) is 0 Å². The second-order valence-corrected chi connectivity index (χ2v) is 5.85. The minimum absolute atomic E-state index is 0.0716. The second-order valence-electron chi connectivity index (χ2n) is 5.85. The van der Waals surface area contributed by atoms with Crippen LogP contribution < -0.4 is 10.1 Å². The predicted molar refractivity (Wildman–Crippen MR) is 89.4 cm³/mol. The fourth-order valence-electron chi connectivity index (χ4n) is 3.40. The number of ether oxygens (including phenoxy) is 1. The molecule has 1 aromatic heterocycles. The van der Waals surface area contributed by atoms with Crippen LogP contribution in [0, 0.1) is 5.82 Å². The van der Waals surface area contributed by atoms with Gasteiger partial charge < -0.3 is 15.0 Å². The van der Waals surface area contributed by atoms with E-state index in [0.717, 1.165) is 29.8 Å². The fourth-order valence-corrected chi connectivity index (χ4v) is 3.40. The highest BCUT2D eigenvalue weighted by atomic mass is 19.1. The summed E-state index contributed by atoms with van der Waals surface area (Å²) in [6.07, 6.45) is 0.975. The van der Waals surface area contributed by atoms with E-state index in [1.165, 1.54) is 28.8 Å². The van der Waals surface area contributed by atoms with Crippen molar-refractivity contribution in [2.75, 3.05) is 13.2 Å². The molecule has 4 rings (SSSR count). The van der Waals surface area contributed by atoms with Crippen LogP contribution in [0.2, 0.25) is 0 Å². The topological polar surface area (TPSA) is 37.0 Å². The van der Waals surface area contributed by atoms with Crippen molar-refractivity contribution < 1.29 is 9.13 Å². The minimum atomic E-state index is -0.206. The molecule has 0 radical (unpaired) electrons. The van der Waals surface area contributed by atoms with Gasteiger partial charge in [0.15, 0.2) is 0 Å². The Kier molecular flexibility index (Phi) is 3.54. The van der Waals surface area contributed by atoms with Crippen molar-refractivity contribution in [2.24, 2.45) is 0 Å². The molecule has 2 aromatic carbocycles. The summed E-state index contributed by atoms with van der Waals surface area (Å²) < 4.78 is 18.8. The summed E-state index contributed by atoms with van der Waals surface area (Å²) in [4.78, 5) is 3.54. The van der Waals surface area contributed by atoms with Gasteiger partial charge in [-0.3, -0.25) is 0 Å². The van der Waals surface area contributed by atoms with Crippen LogP contribution in [-0.2, 0) is 6.42 Å². The van der Waals surface area contributed by atoms with Crippen molar-refractivity contribution in [1.29, 1.82) is 0 Å². The van der Waals surface area contributed by atoms with Crippen molar-refractivity contribution in [1.82, 2.24) is 10.3 Å². The highest BCUT2D eigenvalue weighted by Gasteiger charge is 2.25. The first-order chi connectivity index (χ1) is 11.3. The van der Waals surface area contributed by atoms with Gasteiger partial charge in [-0.05, 0) is 54.8 Å². The number of halogens is 1. The maximum atomic E-state index is 13.2. The lowest BCUT2D eigenvalue weighted by atomic mass is 9.94. The average Bonchev–Trinajstić information content (AvgIpc) is 2.94. The Labute approximate surface area is 134 Å². The first-order valence-electron chi connectivity index (χ1n) is 8.02. The first-order valence-corrected chi connectivity index (χ1v) is 8.02. The molecule has 1 aliphatic heterocycles. The summed E-state index contributed by atoms with van der Waals surface area (Å²) in [5, 5.41) is 4.75. The van der Waals surface area contributed by atoms with Crippen LogP contribution in [-0.4, -0.2) is 18.1 Å². The van der Waals surface area contributed by atoms with E-state index in [2.05, 4.69) is 22.4 Å². The van der Waals surface area contributed by atoms with Crippen LogP contribution >= 0.6 is 0 Å². The highest BCUT2D eigenvalue weighted by Crippen LogP contribution is 2.35. The first kappa shape index (κ1) is 14.3. The quantitative estimate of drug-likeness (QED) is 0.769. The van der Waals surface area contributed by atoms with Gasteiger partial charge in [0, 0.05) is 23.1 Å². The summed E-state index contributed by atoms with van der Waals surface area (Å²) in [6, 6.07) is 13.0. The molecule has 0 amide bonds. The molecule has 1 unspecified atom stereocenters. The molecule has 0 bridgehead atoms. The Morgan fingerprint density at radius 3 is 2.78 bits per heavy atom. The average molecular weight is 310 g/mol. The van der Waals surface area contributed by atoms with Crippen LogP contribution in [0.4, 0.5) is 4.39 Å². The highest BCUT2D eigenvalue weighted by molar-refractivity contribution is 5.86. The Hall–Kier alpha value is -2.33. The van der Waals surface area contributed by atoms with Crippen molar-refractivity contribution in [3.05, 3.63) is 65.1 Å². The molecule has 4 heteroatoms. The van der Waals surface area contributed by atoms with Crippen LogP contribution in [0.1, 0.15) is 29.8 Å². The molecule has 118 valence electrons. The van der Waals surface area contributed by atoms with Gasteiger partial charge in [-0.25, -0.2) is 4.39 Å². The Morgan fingerprint density at radius 1 is 1.17 bits per heavy atom. The molecule has 2 heterocycles. The molecule has 0 saturated carbocycles. The molecule has 1 aliphatic rings. The standard InChI is InChI=1S/C19H19FN2O/c1-2-23-14-7-8-17-16(11-14)15-9-10-21-18(19(15)22-17)12-3-5-13(20)6-4-12/h3-8,11,18,21-22H,2,9-10H2,1H3. The van der Waals surface area contributed by atoms with Crippen molar-refractivity contribution >= 4 is 10.9 Å². The second kappa shape index (κ2) is 5.70. The molecule has 1 atom stereocenters. The van der Waals surface area contributed by atoms with E-state index < -0.39 is 0 Å². The number of aromatic nitrogens is 1. The summed E-state index contributed by atoms with van der Waals surface area (Å²) in [5.74, 6) is 0.696. The zero-order chi connectivity index (χ0) is 15.8. The largest absolute Gasteiger partial charge is 0.494 e. The van der Waals surface area contributed by atoms with Gasteiger partial charge in [0.2, 0.25) is 0 Å². The monoisotopic (exact) mass is 310 g/mol. The number of benzene rings is 2. The maximum absolute atomic E-state index is 13.2. The van der Waals surface area contributed by atoms with E-state index in [0.29, 0.717) is 6.61 Å². The van der Waals surface area contributed by atoms with Gasteiger partial charge >= 0.3 is 0 Å². The van der Waals surface area contributed by atoms with E-state index >= 15 is 0 Å². The number of hydrogen-bond donors (Lipinski definition) is 2. The van der Waals surface area contributed by atoms with Crippen LogP contribution in [0.5, 0.6) is 5.75 Å². The summed E-state index contributed by atoms with van der Waals surface area (Å²) >= 11 is 0. The fraction of sp³-hybridized carbons (Fsp3) is 0.263. The van der Waals surface area contributed by atoms with E-state index in [1.807, 2.05) is 25.1 Å². The third-order valence-electron chi connectivity index (χ3n) is 4.44. The number of fused-ring (bicyclic) bond motifs is 3. The molecular formula is C19H19FN2O. The maximum Gasteiger partial charge on any atom is 0.123 e. The summed E-state index contributed by atoms with van der Waals surface area (Å²) in [6.45, 7) is 3.56. The van der Waals surface area contributed by atoms with E-state index in [4.69, 9.17) is 4.74 Å². The molecule has 2 N–H and O–H groups in total. The number of hydrogen-bond acceptors (Lipinski definition) is 2. The number of aromatic amines is 1. The van der Waals surface area contributed by atoms with Crippen LogP contribution in [0.3, 0.4) is 0 Å². The molecular weight excluding hydrogens is 291 g/mol. The molecule has 0 spiro atoms. The molecule has 3 nitrogen and oxygen atoms in total. The number of H-pyrrole nitrogens is 1. The lowest BCUT2D eigenvalue weighted by molar-refractivity contribution is 0.340. The van der Waals surface area contributed by atoms with Gasteiger partial charge in [0.1, 0.15) is 11.6 Å². The third-order valence-corrected chi connectivity index (χ3v) is 4.44. The van der Waals surface area contributed by atoms with Crippen molar-refractivity contribution in [2.45, 2.75) is 19.4 Å². The van der Waals surface area contributed by atoms with Crippen LogP contribution in [0.15, 0.2) is 42.5 Å². The zero-order valence-corrected chi connectivity index (χ0v) is 13.0. The summed E-state index contributed by atoms with van der Waals surface area (Å²) in [5.41, 5.74) is 4.69. The van der Waals surface area contributed by atoms with Gasteiger partial charge in [-0.2, -0.15) is 0 Å². The minimum Gasteiger partial charge on any atom is -0.494 e. The molecule has 0 aliphatic carbocycles. The molecule has 3 aromatic rings. The van der Waals surface area contributed by atoms with Gasteiger partial charge in [0.25, 0.3) is 0 Å². The normalized spacial score (nSPS) is 17.2. The van der Waals surface area contributed by atoms with Gasteiger partial charge in [0.05, 0.1) is 12.6 Å². The zero-order valence-electron chi connectivity index (χ0n) is 13.0. The van der Waals surface area contributed by atoms with E-state index in [9.17, 15) is 4.39 Å². The van der Waals surface area contributed by atoms with Crippen LogP contribution in [0.25, 0.3) is 10.9 Å². The lowest BCUT2D eigenvalue weighted by Crippen LogP contribution is -2.30. The van der Waals surface area contributed by atoms with E-state index in [-0.39, 0.29) is 11.9 Å². The van der Waals surface area contributed by atoms with Gasteiger partial charge in [-0.1, -0.05) is 12.1 Å². The Morgan fingerprint density at radius 2 is 2.00 bits per heavy atom. The smallest absolute Gasteiger partial charge is 0.123 e. The Balaban J connectivity index is 1.81.